The molecule has 3 heteroatoms. The molecule has 0 atom stereocenters. The van der Waals surface area contributed by atoms with Crippen molar-refractivity contribution in [3.05, 3.63) is 35.4 Å². The van der Waals surface area contributed by atoms with Crippen LogP contribution in [-0.4, -0.2) is 17.6 Å². The lowest BCUT2D eigenvalue weighted by Gasteiger charge is -2.44. The highest BCUT2D eigenvalue weighted by Crippen LogP contribution is 2.47. The molecule has 3 N–H and O–H groups in total. The molecule has 16 heavy (non-hydrogen) atoms. The first-order chi connectivity index (χ1) is 7.58. The van der Waals surface area contributed by atoms with Gasteiger partial charge in [0, 0.05) is 0 Å². The average Bonchev–Trinajstić information content (AvgIpc) is 2.16. The lowest BCUT2D eigenvalue weighted by molar-refractivity contribution is -0.149. The van der Waals surface area contributed by atoms with Gasteiger partial charge in [0.1, 0.15) is 0 Å². The van der Waals surface area contributed by atoms with Gasteiger partial charge < -0.3 is 10.8 Å². The van der Waals surface area contributed by atoms with E-state index in [1.54, 1.807) is 0 Å². The molecule has 0 spiro atoms. The van der Waals surface area contributed by atoms with Crippen molar-refractivity contribution in [2.24, 2.45) is 11.7 Å². The number of carboxylic acid groups (broad SMARTS) is 1. The number of benzene rings is 1. The normalized spacial score (nSPS) is 28.5. The highest BCUT2D eigenvalue weighted by molar-refractivity contribution is 5.82. The largest absolute Gasteiger partial charge is 0.481 e. The zero-order chi connectivity index (χ0) is 11.8. The Hall–Kier alpha value is -1.35. The van der Waals surface area contributed by atoms with Crippen LogP contribution < -0.4 is 5.73 Å². The summed E-state index contributed by atoms with van der Waals surface area (Å²) in [5.74, 6) is -0.362. The second-order valence-electron chi connectivity index (χ2n) is 4.77. The van der Waals surface area contributed by atoms with Gasteiger partial charge in [0.2, 0.25) is 0 Å². The van der Waals surface area contributed by atoms with Crippen molar-refractivity contribution >= 4 is 5.97 Å². The molecule has 1 aromatic carbocycles. The van der Waals surface area contributed by atoms with Crippen LogP contribution in [0.5, 0.6) is 0 Å². The van der Waals surface area contributed by atoms with Crippen molar-refractivity contribution < 1.29 is 9.90 Å². The summed E-state index contributed by atoms with van der Waals surface area (Å²) in [7, 11) is 0. The number of aryl methyl sites for hydroxylation is 1. The van der Waals surface area contributed by atoms with E-state index >= 15 is 0 Å². The molecule has 86 valence electrons. The van der Waals surface area contributed by atoms with E-state index in [4.69, 9.17) is 5.73 Å². The highest BCUT2D eigenvalue weighted by atomic mass is 16.4. The number of hydrogen-bond donors (Lipinski definition) is 2. The standard InChI is InChI=1S/C13H17NO2/c1-9-3-2-4-11(5-9)13(12(15)16)6-10(7-13)8-14/h2-5,10H,6-8,14H2,1H3,(H,15,16). The van der Waals surface area contributed by atoms with Gasteiger partial charge in [0.15, 0.2) is 0 Å². The first-order valence-corrected chi connectivity index (χ1v) is 5.59. The molecule has 0 amide bonds. The van der Waals surface area contributed by atoms with E-state index in [9.17, 15) is 9.90 Å². The average molecular weight is 219 g/mol. The maximum atomic E-state index is 11.4. The molecule has 0 saturated heterocycles. The van der Waals surface area contributed by atoms with Crippen LogP contribution in [0.4, 0.5) is 0 Å². The van der Waals surface area contributed by atoms with Crippen LogP contribution >= 0.6 is 0 Å². The Balaban J connectivity index is 2.32. The molecule has 2 rings (SSSR count). The van der Waals surface area contributed by atoms with Crippen molar-refractivity contribution in [3.8, 4) is 0 Å². The number of nitrogens with two attached hydrogens (primary N) is 1. The Morgan fingerprint density at radius 1 is 1.56 bits per heavy atom. The zero-order valence-electron chi connectivity index (χ0n) is 9.44. The summed E-state index contributed by atoms with van der Waals surface area (Å²) in [6, 6.07) is 7.79. The van der Waals surface area contributed by atoms with E-state index in [1.165, 1.54) is 0 Å². The Labute approximate surface area is 95.3 Å². The molecule has 3 nitrogen and oxygen atoms in total. The van der Waals surface area contributed by atoms with Gasteiger partial charge in [-0.2, -0.15) is 0 Å². The van der Waals surface area contributed by atoms with Crippen LogP contribution in [0.25, 0.3) is 0 Å². The smallest absolute Gasteiger partial charge is 0.314 e. The Morgan fingerprint density at radius 2 is 2.25 bits per heavy atom. The molecule has 0 heterocycles. The number of hydrogen-bond acceptors (Lipinski definition) is 2. The van der Waals surface area contributed by atoms with Gasteiger partial charge >= 0.3 is 5.97 Å². The lowest BCUT2D eigenvalue weighted by Crippen LogP contribution is -2.50. The number of aliphatic carboxylic acids is 1. The number of carbonyl (C=O) groups is 1. The van der Waals surface area contributed by atoms with Crippen LogP contribution in [0.1, 0.15) is 24.0 Å². The van der Waals surface area contributed by atoms with Crippen molar-refractivity contribution in [2.45, 2.75) is 25.2 Å². The van der Waals surface area contributed by atoms with Crippen molar-refractivity contribution in [2.75, 3.05) is 6.54 Å². The predicted molar refractivity (Wildman–Crippen MR) is 62.3 cm³/mol. The van der Waals surface area contributed by atoms with E-state index < -0.39 is 11.4 Å². The molecular weight excluding hydrogens is 202 g/mol. The third-order valence-electron chi connectivity index (χ3n) is 3.59. The van der Waals surface area contributed by atoms with E-state index in [1.807, 2.05) is 31.2 Å². The summed E-state index contributed by atoms with van der Waals surface area (Å²) in [4.78, 5) is 11.4. The topological polar surface area (TPSA) is 63.3 Å². The molecule has 1 fully saturated rings. The molecule has 0 radical (unpaired) electrons. The lowest BCUT2D eigenvalue weighted by atomic mass is 9.58. The predicted octanol–water partition coefficient (Wildman–Crippen LogP) is 1.69. The second kappa shape index (κ2) is 3.91. The van der Waals surface area contributed by atoms with Gasteiger partial charge in [0.25, 0.3) is 0 Å². The Kier molecular flexibility index (Phi) is 2.72. The fourth-order valence-corrected chi connectivity index (χ4v) is 2.57. The summed E-state index contributed by atoms with van der Waals surface area (Å²) in [5, 5.41) is 9.40. The van der Waals surface area contributed by atoms with Gasteiger partial charge in [-0.25, -0.2) is 0 Å². The summed E-state index contributed by atoms with van der Waals surface area (Å²) < 4.78 is 0. The Bertz CT molecular complexity index is 408. The van der Waals surface area contributed by atoms with E-state index in [0.717, 1.165) is 11.1 Å². The monoisotopic (exact) mass is 219 g/mol. The Morgan fingerprint density at radius 3 is 2.75 bits per heavy atom. The molecule has 0 bridgehead atoms. The van der Waals surface area contributed by atoms with Gasteiger partial charge in [-0.1, -0.05) is 29.8 Å². The number of rotatable bonds is 3. The van der Waals surface area contributed by atoms with Crippen LogP contribution in [0, 0.1) is 12.8 Å². The van der Waals surface area contributed by atoms with E-state index in [2.05, 4.69) is 0 Å². The number of carboxylic acids is 1. The fourth-order valence-electron chi connectivity index (χ4n) is 2.57. The van der Waals surface area contributed by atoms with Gasteiger partial charge in [-0.05, 0) is 37.8 Å². The maximum Gasteiger partial charge on any atom is 0.314 e. The van der Waals surface area contributed by atoms with E-state index in [0.29, 0.717) is 25.3 Å². The second-order valence-corrected chi connectivity index (χ2v) is 4.77. The van der Waals surface area contributed by atoms with Gasteiger partial charge in [-0.3, -0.25) is 4.79 Å². The zero-order valence-corrected chi connectivity index (χ0v) is 9.44. The van der Waals surface area contributed by atoms with E-state index in [-0.39, 0.29) is 0 Å². The minimum absolute atomic E-state index is 0.358. The molecular formula is C13H17NO2. The van der Waals surface area contributed by atoms with Gasteiger partial charge in [0.05, 0.1) is 5.41 Å². The fraction of sp³-hybridized carbons (Fsp3) is 0.462. The summed E-state index contributed by atoms with van der Waals surface area (Å²) in [6.45, 7) is 2.57. The van der Waals surface area contributed by atoms with Crippen molar-refractivity contribution in [1.29, 1.82) is 0 Å². The molecule has 1 aromatic rings. The summed E-state index contributed by atoms with van der Waals surface area (Å²) >= 11 is 0. The summed E-state index contributed by atoms with van der Waals surface area (Å²) in [5.41, 5.74) is 6.91. The van der Waals surface area contributed by atoms with Crippen LogP contribution in [0.3, 0.4) is 0 Å². The van der Waals surface area contributed by atoms with Gasteiger partial charge in [-0.15, -0.1) is 0 Å². The maximum absolute atomic E-state index is 11.4. The van der Waals surface area contributed by atoms with Crippen LogP contribution in [-0.2, 0) is 10.2 Å². The van der Waals surface area contributed by atoms with Crippen molar-refractivity contribution in [1.82, 2.24) is 0 Å². The first-order valence-electron chi connectivity index (χ1n) is 5.59. The molecule has 0 unspecified atom stereocenters. The van der Waals surface area contributed by atoms with Crippen LogP contribution in [0.2, 0.25) is 0 Å². The molecule has 1 aliphatic rings. The molecule has 0 aliphatic heterocycles. The first kappa shape index (κ1) is 11.1. The molecule has 0 aromatic heterocycles. The third kappa shape index (κ3) is 1.61. The SMILES string of the molecule is Cc1cccc(C2(C(=O)O)CC(CN)C2)c1. The third-order valence-corrected chi connectivity index (χ3v) is 3.59. The van der Waals surface area contributed by atoms with Crippen LogP contribution in [0.15, 0.2) is 24.3 Å². The molecule has 1 saturated carbocycles. The minimum Gasteiger partial charge on any atom is -0.481 e. The quantitative estimate of drug-likeness (QED) is 0.813. The highest BCUT2D eigenvalue weighted by Gasteiger charge is 2.50. The summed E-state index contributed by atoms with van der Waals surface area (Å²) in [6.07, 6.45) is 1.34. The minimum atomic E-state index is -0.720. The molecule has 1 aliphatic carbocycles. The van der Waals surface area contributed by atoms with Crippen molar-refractivity contribution in [3.63, 3.8) is 0 Å².